The normalized spacial score (nSPS) is 10.0. The van der Waals surface area contributed by atoms with Gasteiger partial charge in [-0.2, -0.15) is 0 Å². The van der Waals surface area contributed by atoms with Gasteiger partial charge in [0, 0.05) is 0 Å². The first-order valence-corrected chi connectivity index (χ1v) is 5.70. The third-order valence-corrected chi connectivity index (χ3v) is 2.07. The Kier molecular flexibility index (Phi) is 9.00. The van der Waals surface area contributed by atoms with Crippen LogP contribution < -0.4 is 0 Å². The standard InChI is InChI=1S/C9H14.C7H8/c1-4-7-9(6-3)8-5-2;1-7-5-3-2-4-6-7/h4,6-7H,1,3,5,8H2,2H3;2-6H,1H3/b9-7+;. The van der Waals surface area contributed by atoms with E-state index >= 15 is 0 Å². The van der Waals surface area contributed by atoms with E-state index in [4.69, 9.17) is 0 Å². The second-order valence-electron chi connectivity index (χ2n) is 3.59. The van der Waals surface area contributed by atoms with Crippen LogP contribution in [0.15, 0.2) is 67.3 Å². The smallest absolute Gasteiger partial charge is 0.0282 e. The van der Waals surface area contributed by atoms with E-state index in [1.807, 2.05) is 30.4 Å². The molecule has 0 unspecified atom stereocenters. The highest BCUT2D eigenvalue weighted by molar-refractivity contribution is 5.20. The van der Waals surface area contributed by atoms with E-state index in [1.54, 1.807) is 6.08 Å². The van der Waals surface area contributed by atoms with E-state index in [1.165, 1.54) is 17.6 Å². The first-order valence-electron chi connectivity index (χ1n) is 5.70. The molecule has 0 fully saturated rings. The highest BCUT2D eigenvalue weighted by Crippen LogP contribution is 2.04. The van der Waals surface area contributed by atoms with Crippen molar-refractivity contribution in [2.45, 2.75) is 26.7 Å². The van der Waals surface area contributed by atoms with Crippen molar-refractivity contribution >= 4 is 0 Å². The Morgan fingerprint density at radius 3 is 2.12 bits per heavy atom. The molecule has 0 aliphatic heterocycles. The maximum absolute atomic E-state index is 3.68. The van der Waals surface area contributed by atoms with Crippen molar-refractivity contribution in [2.75, 3.05) is 0 Å². The molecule has 0 aromatic heterocycles. The summed E-state index contributed by atoms with van der Waals surface area (Å²) in [6.45, 7) is 11.5. The lowest BCUT2D eigenvalue weighted by Gasteiger charge is -1.93. The minimum absolute atomic E-state index is 1.11. The van der Waals surface area contributed by atoms with Crippen molar-refractivity contribution in [3.8, 4) is 0 Å². The van der Waals surface area contributed by atoms with Crippen LogP contribution in [0.2, 0.25) is 0 Å². The zero-order valence-corrected chi connectivity index (χ0v) is 10.4. The summed E-state index contributed by atoms with van der Waals surface area (Å²) in [4.78, 5) is 0. The van der Waals surface area contributed by atoms with Gasteiger partial charge in [0.1, 0.15) is 0 Å². The molecule has 0 bridgehead atoms. The van der Waals surface area contributed by atoms with Crippen LogP contribution in [0.1, 0.15) is 25.3 Å². The lowest BCUT2D eigenvalue weighted by atomic mass is 10.1. The van der Waals surface area contributed by atoms with Gasteiger partial charge in [-0.1, -0.05) is 80.6 Å². The van der Waals surface area contributed by atoms with Gasteiger partial charge in [0.05, 0.1) is 0 Å². The molecule has 16 heavy (non-hydrogen) atoms. The first kappa shape index (κ1) is 14.4. The summed E-state index contributed by atoms with van der Waals surface area (Å²) >= 11 is 0. The fourth-order valence-corrected chi connectivity index (χ4v) is 1.23. The number of benzene rings is 1. The third kappa shape index (κ3) is 7.81. The monoisotopic (exact) mass is 214 g/mol. The predicted molar refractivity (Wildman–Crippen MR) is 74.6 cm³/mol. The van der Waals surface area contributed by atoms with Crippen molar-refractivity contribution < 1.29 is 0 Å². The molecule has 0 saturated carbocycles. The highest BCUT2D eigenvalue weighted by Gasteiger charge is 1.84. The van der Waals surface area contributed by atoms with E-state index in [0.717, 1.165) is 6.42 Å². The largest absolute Gasteiger partial charge is 0.0991 e. The lowest BCUT2D eigenvalue weighted by molar-refractivity contribution is 0.927. The number of hydrogen-bond donors (Lipinski definition) is 0. The molecule has 0 heteroatoms. The molecule has 0 amide bonds. The molecule has 1 aromatic carbocycles. The Hall–Kier alpha value is -1.56. The Labute approximate surface area is 100 Å². The van der Waals surface area contributed by atoms with Crippen molar-refractivity contribution in [1.82, 2.24) is 0 Å². The summed E-state index contributed by atoms with van der Waals surface area (Å²) in [5.41, 5.74) is 2.59. The quantitative estimate of drug-likeness (QED) is 0.613. The topological polar surface area (TPSA) is 0 Å². The van der Waals surface area contributed by atoms with E-state index in [0.29, 0.717) is 0 Å². The summed E-state index contributed by atoms with van der Waals surface area (Å²) in [7, 11) is 0. The SMILES string of the molecule is C=C/C=C(\C=C)CCC.Cc1ccccc1. The van der Waals surface area contributed by atoms with Crippen LogP contribution in [-0.2, 0) is 0 Å². The molecule has 1 aromatic rings. The average molecular weight is 214 g/mol. The van der Waals surface area contributed by atoms with Gasteiger partial charge in [-0.25, -0.2) is 0 Å². The van der Waals surface area contributed by atoms with Crippen molar-refractivity contribution in [3.05, 3.63) is 72.9 Å². The van der Waals surface area contributed by atoms with Crippen LogP contribution in [0, 0.1) is 6.92 Å². The summed E-state index contributed by atoms with van der Waals surface area (Å²) in [5, 5.41) is 0. The van der Waals surface area contributed by atoms with Gasteiger partial charge in [-0.3, -0.25) is 0 Å². The van der Waals surface area contributed by atoms with Crippen LogP contribution in [0.4, 0.5) is 0 Å². The molecule has 1 rings (SSSR count). The molecular formula is C16H22. The van der Waals surface area contributed by atoms with Gasteiger partial charge < -0.3 is 0 Å². The molecule has 0 heterocycles. The molecule has 0 radical (unpaired) electrons. The van der Waals surface area contributed by atoms with Gasteiger partial charge in [0.2, 0.25) is 0 Å². The molecule has 0 N–H and O–H groups in total. The Morgan fingerprint density at radius 2 is 1.81 bits per heavy atom. The fourth-order valence-electron chi connectivity index (χ4n) is 1.23. The molecule has 0 atom stereocenters. The molecule has 0 saturated heterocycles. The highest BCUT2D eigenvalue weighted by atomic mass is 13.9. The van der Waals surface area contributed by atoms with Crippen molar-refractivity contribution in [1.29, 1.82) is 0 Å². The van der Waals surface area contributed by atoms with Gasteiger partial charge in [0.25, 0.3) is 0 Å². The number of aryl methyl sites for hydroxylation is 1. The average Bonchev–Trinajstić information content (AvgIpc) is 2.30. The van der Waals surface area contributed by atoms with Crippen LogP contribution in [0.3, 0.4) is 0 Å². The van der Waals surface area contributed by atoms with Gasteiger partial charge in [0.15, 0.2) is 0 Å². The summed E-state index contributed by atoms with van der Waals surface area (Å²) < 4.78 is 0. The van der Waals surface area contributed by atoms with Crippen molar-refractivity contribution in [2.24, 2.45) is 0 Å². The minimum Gasteiger partial charge on any atom is -0.0991 e. The second kappa shape index (κ2) is 9.97. The molecule has 0 aliphatic rings. The Balaban J connectivity index is 0.000000288. The van der Waals surface area contributed by atoms with E-state index < -0.39 is 0 Å². The molecule has 0 nitrogen and oxygen atoms in total. The summed E-state index contributed by atoms with van der Waals surface area (Å²) in [6, 6.07) is 10.3. The van der Waals surface area contributed by atoms with Crippen LogP contribution in [0.5, 0.6) is 0 Å². The Bertz CT molecular complexity index is 317. The number of allylic oxidation sites excluding steroid dienone is 4. The molecule has 86 valence electrons. The minimum atomic E-state index is 1.11. The van der Waals surface area contributed by atoms with E-state index in [2.05, 4.69) is 39.1 Å². The van der Waals surface area contributed by atoms with E-state index in [-0.39, 0.29) is 0 Å². The molecular weight excluding hydrogens is 192 g/mol. The van der Waals surface area contributed by atoms with Crippen molar-refractivity contribution in [3.63, 3.8) is 0 Å². The van der Waals surface area contributed by atoms with Crippen LogP contribution in [-0.4, -0.2) is 0 Å². The predicted octanol–water partition coefficient (Wildman–Crippen LogP) is 5.08. The number of hydrogen-bond acceptors (Lipinski definition) is 0. The van der Waals surface area contributed by atoms with Gasteiger partial charge in [-0.05, 0) is 18.9 Å². The maximum atomic E-state index is 3.68. The fraction of sp³-hybridized carbons (Fsp3) is 0.250. The Morgan fingerprint density at radius 1 is 1.19 bits per heavy atom. The summed E-state index contributed by atoms with van der Waals surface area (Å²) in [6.07, 6.45) is 7.95. The number of rotatable bonds is 4. The third-order valence-electron chi connectivity index (χ3n) is 2.07. The van der Waals surface area contributed by atoms with Crippen LogP contribution >= 0.6 is 0 Å². The van der Waals surface area contributed by atoms with Gasteiger partial charge >= 0.3 is 0 Å². The molecule has 0 spiro atoms. The summed E-state index contributed by atoms with van der Waals surface area (Å²) in [5.74, 6) is 0. The van der Waals surface area contributed by atoms with E-state index in [9.17, 15) is 0 Å². The maximum Gasteiger partial charge on any atom is -0.0282 e. The van der Waals surface area contributed by atoms with Gasteiger partial charge in [-0.15, -0.1) is 0 Å². The second-order valence-corrected chi connectivity index (χ2v) is 3.59. The zero-order valence-electron chi connectivity index (χ0n) is 10.4. The first-order chi connectivity index (χ1) is 7.74. The van der Waals surface area contributed by atoms with Crippen LogP contribution in [0.25, 0.3) is 0 Å². The molecule has 0 aliphatic carbocycles. The lowest BCUT2D eigenvalue weighted by Crippen LogP contribution is -1.73. The zero-order chi connectivity index (χ0) is 12.2.